The lowest BCUT2D eigenvalue weighted by Crippen LogP contribution is -2.17. The molecule has 0 amide bonds. The Kier molecular flexibility index (Phi) is 7.96. The molecular formula is C48H16N12O4. The van der Waals surface area contributed by atoms with E-state index in [1.165, 1.54) is 12.1 Å². The van der Waals surface area contributed by atoms with E-state index in [4.69, 9.17) is 35.1 Å². The Morgan fingerprint density at radius 3 is 1.12 bits per heavy atom. The fraction of sp³-hybridized carbons (Fsp3) is 0. The van der Waals surface area contributed by atoms with E-state index in [0.29, 0.717) is 65.2 Å². The van der Waals surface area contributed by atoms with E-state index >= 15 is 0 Å². The highest BCUT2D eigenvalue weighted by Crippen LogP contribution is 2.49. The molecule has 0 saturated heterocycles. The molecule has 10 aromatic carbocycles. The maximum Gasteiger partial charge on any atom is 0.294 e. The number of allylic oxidation sites excluding steroid dienone is 2. The Morgan fingerprint density at radius 2 is 0.734 bits per heavy atom. The summed E-state index contributed by atoms with van der Waals surface area (Å²) in [4.78, 5) is 74.1. The average molecular weight is 825 g/mol. The van der Waals surface area contributed by atoms with Gasteiger partial charge in [0.05, 0.1) is 11.0 Å². The lowest BCUT2D eigenvalue weighted by molar-refractivity contribution is 1.21. The number of hydrogen-bond donors (Lipinski definition) is 2. The van der Waals surface area contributed by atoms with E-state index in [1.54, 1.807) is 36.4 Å². The van der Waals surface area contributed by atoms with Crippen molar-refractivity contribution in [3.63, 3.8) is 0 Å². The highest BCUT2D eigenvalue weighted by molar-refractivity contribution is 6.46. The Labute approximate surface area is 354 Å². The maximum atomic E-state index is 12.4. The van der Waals surface area contributed by atoms with Crippen LogP contribution in [-0.2, 0) is 0 Å². The molecule has 0 aliphatic heterocycles. The molecule has 0 atom stereocenters. The van der Waals surface area contributed by atoms with Crippen LogP contribution >= 0.6 is 0 Å². The predicted octanol–water partition coefficient (Wildman–Crippen LogP) is 6.56. The molecule has 0 spiro atoms. The number of nitrogens with zero attached hydrogens (tertiary/aromatic N) is 10. The molecule has 0 unspecified atom stereocenters. The zero-order chi connectivity index (χ0) is 44.9. The molecule has 64 heavy (non-hydrogen) atoms. The van der Waals surface area contributed by atoms with Crippen LogP contribution in [0.15, 0.2) is 103 Å². The van der Waals surface area contributed by atoms with Gasteiger partial charge in [-0.05, 0) is 27.6 Å². The van der Waals surface area contributed by atoms with Crippen LogP contribution in [-0.4, -0.2) is 19.9 Å². The molecule has 4 N–H and O–H groups in total. The number of aromatic nitrogens is 4. The fourth-order valence-electron chi connectivity index (χ4n) is 8.87. The second-order valence-electron chi connectivity index (χ2n) is 14.4. The second-order valence-corrected chi connectivity index (χ2v) is 14.4. The molecule has 0 bridgehead atoms. The molecule has 0 aliphatic carbocycles. The smallest absolute Gasteiger partial charge is 0.294 e. The number of hydrogen-bond acceptors (Lipinski definition) is 14. The van der Waals surface area contributed by atoms with Gasteiger partial charge in [0.2, 0.25) is 32.7 Å². The molecule has 12 aromatic rings. The first-order valence-corrected chi connectivity index (χ1v) is 18.7. The molecule has 12 rings (SSSR count). The third-order valence-corrected chi connectivity index (χ3v) is 11.4. The van der Waals surface area contributed by atoms with Gasteiger partial charge >= 0.3 is 0 Å². The zero-order valence-electron chi connectivity index (χ0n) is 32.2. The van der Waals surface area contributed by atoms with Gasteiger partial charge in [0.25, 0.3) is 11.6 Å². The van der Waals surface area contributed by atoms with Crippen LogP contribution in [0.4, 0.5) is 11.6 Å². The first kappa shape index (κ1) is 37.7. The Hall–Kier alpha value is -10.5. The minimum absolute atomic E-state index is 0.00652. The number of nitrogens with two attached hydrogens (primary N) is 2. The van der Waals surface area contributed by atoms with Crippen molar-refractivity contribution in [2.45, 2.75) is 0 Å². The monoisotopic (exact) mass is 824 g/mol. The van der Waals surface area contributed by atoms with E-state index in [9.17, 15) is 29.7 Å². The van der Waals surface area contributed by atoms with Crippen molar-refractivity contribution in [2.24, 2.45) is 11.5 Å². The summed E-state index contributed by atoms with van der Waals surface area (Å²) >= 11 is 0. The van der Waals surface area contributed by atoms with E-state index in [-0.39, 0.29) is 34.4 Å². The van der Waals surface area contributed by atoms with Crippen molar-refractivity contribution in [1.82, 2.24) is 19.9 Å². The third-order valence-electron chi connectivity index (χ3n) is 11.4. The van der Waals surface area contributed by atoms with Crippen molar-refractivity contribution in [1.29, 1.82) is 21.0 Å². The SMILES string of the molecule is N#C/C(N)=C(/N)C#N.O=c1c(=O)c2c3cccc4c(=O)c(=O)c(c5cccc1c52)c43.[C-]#[N+]c1nc2c3cccc4c3c(c3cccc5c6nc(C#N)c(C#N)nc6c4c53)c2nc1[N+]#[C-]. The van der Waals surface area contributed by atoms with Crippen molar-refractivity contribution in [3.8, 4) is 24.3 Å². The Bertz CT molecular complexity index is 4330. The Balaban J connectivity index is 0.000000138. The van der Waals surface area contributed by atoms with E-state index < -0.39 is 21.7 Å². The summed E-state index contributed by atoms with van der Waals surface area (Å²) < 4.78 is 0. The van der Waals surface area contributed by atoms with Crippen LogP contribution in [0.3, 0.4) is 0 Å². The molecule has 2 aromatic heterocycles. The lowest BCUT2D eigenvalue weighted by atomic mass is 9.96. The van der Waals surface area contributed by atoms with Crippen LogP contribution in [0.2, 0.25) is 0 Å². The largest absolute Gasteiger partial charge is 0.388 e. The molecule has 0 fully saturated rings. The second kappa shape index (κ2) is 13.5. The van der Waals surface area contributed by atoms with Crippen LogP contribution in [0.25, 0.3) is 118 Å². The third kappa shape index (κ3) is 4.79. The number of nitriles is 4. The summed E-state index contributed by atoms with van der Waals surface area (Å²) in [7, 11) is 0. The van der Waals surface area contributed by atoms with Gasteiger partial charge in [-0.2, -0.15) is 21.0 Å². The Morgan fingerprint density at radius 1 is 0.422 bits per heavy atom. The predicted molar refractivity (Wildman–Crippen MR) is 240 cm³/mol. The van der Waals surface area contributed by atoms with Crippen molar-refractivity contribution < 1.29 is 0 Å². The van der Waals surface area contributed by atoms with Gasteiger partial charge in [-0.15, -0.1) is 9.97 Å². The number of benzene rings is 6. The van der Waals surface area contributed by atoms with Crippen molar-refractivity contribution in [3.05, 3.63) is 159 Å². The van der Waals surface area contributed by atoms with Gasteiger partial charge < -0.3 is 21.2 Å². The fourth-order valence-corrected chi connectivity index (χ4v) is 8.87. The highest BCUT2D eigenvalue weighted by atomic mass is 16.2. The van der Waals surface area contributed by atoms with Crippen LogP contribution < -0.4 is 33.2 Å². The van der Waals surface area contributed by atoms with Gasteiger partial charge in [0.15, 0.2) is 11.4 Å². The van der Waals surface area contributed by atoms with Gasteiger partial charge in [-0.1, -0.05) is 79.9 Å². The summed E-state index contributed by atoms with van der Waals surface area (Å²) in [5.74, 6) is -0.0447. The van der Waals surface area contributed by atoms with Gasteiger partial charge in [-0.25, -0.2) is 9.97 Å². The summed E-state index contributed by atoms with van der Waals surface area (Å²) in [5, 5.41) is 45.2. The maximum absolute atomic E-state index is 12.4. The first-order valence-electron chi connectivity index (χ1n) is 18.7. The topological polar surface area (TPSA) is 276 Å². The van der Waals surface area contributed by atoms with Crippen molar-refractivity contribution in [2.75, 3.05) is 0 Å². The van der Waals surface area contributed by atoms with Gasteiger partial charge in [0, 0.05) is 64.6 Å². The van der Waals surface area contributed by atoms with E-state index in [2.05, 4.69) is 29.6 Å². The van der Waals surface area contributed by atoms with Gasteiger partial charge in [0.1, 0.15) is 35.7 Å². The molecule has 0 saturated carbocycles. The zero-order valence-corrected chi connectivity index (χ0v) is 32.2. The molecule has 16 nitrogen and oxygen atoms in total. The van der Waals surface area contributed by atoms with E-state index in [0.717, 1.165) is 43.1 Å². The molecule has 2 heterocycles. The normalized spacial score (nSPS) is 11.7. The lowest BCUT2D eigenvalue weighted by Gasteiger charge is -2.05. The summed E-state index contributed by atoms with van der Waals surface area (Å²) in [6.45, 7) is 14.9. The van der Waals surface area contributed by atoms with E-state index in [1.807, 2.05) is 48.5 Å². The quantitative estimate of drug-likeness (QED) is 0.0709. The molecule has 0 radical (unpaired) electrons. The number of rotatable bonds is 0. The standard InChI is InChI=1S/C26H6N8.C18H6O4.C4H4N4/c1-29-25-26(30-2)34-24-20-12-6-3-7-13-17(12)19(11-5-4-8-14(18(11)20)22(24)33-25)23-21(13)31-15(9-27)16(10-28)32-23;19-15-9-5-1-3-7-11(9)14(18(15)22)8-4-2-6-10-12(8)13(7)17(21)16(10)20;5-1-3(7)4(8)2-6/h3-8H;1-6H;7-8H2/b;;4-3-. The summed E-state index contributed by atoms with van der Waals surface area (Å²) in [6.07, 6.45) is 0. The highest BCUT2D eigenvalue weighted by Gasteiger charge is 2.29. The summed E-state index contributed by atoms with van der Waals surface area (Å²) in [5.41, 5.74) is 9.35. The van der Waals surface area contributed by atoms with Crippen LogP contribution in [0.1, 0.15) is 11.4 Å². The molecular weight excluding hydrogens is 809 g/mol. The van der Waals surface area contributed by atoms with Crippen LogP contribution in [0, 0.1) is 58.5 Å². The van der Waals surface area contributed by atoms with Crippen molar-refractivity contribution >= 4 is 120 Å². The first-order chi connectivity index (χ1) is 31.0. The minimum Gasteiger partial charge on any atom is -0.388 e. The minimum atomic E-state index is -0.568. The number of fused-ring (bicyclic) bond motifs is 10. The van der Waals surface area contributed by atoms with Gasteiger partial charge in [-0.3, -0.25) is 19.2 Å². The summed E-state index contributed by atoms with van der Waals surface area (Å²) in [6, 6.07) is 28.5. The average Bonchev–Trinajstić information content (AvgIpc) is 4.01. The molecule has 16 heteroatoms. The molecule has 0 aliphatic rings. The molecule has 292 valence electrons. The van der Waals surface area contributed by atoms with Crippen LogP contribution in [0.5, 0.6) is 0 Å².